The van der Waals surface area contributed by atoms with Gasteiger partial charge in [-0.2, -0.15) is 0 Å². The Morgan fingerprint density at radius 3 is 2.63 bits per heavy atom. The Morgan fingerprint density at radius 2 is 2.11 bits per heavy atom. The topological polar surface area (TPSA) is 94.2 Å². The van der Waals surface area contributed by atoms with Gasteiger partial charge in [-0.3, -0.25) is 4.79 Å². The normalized spacial score (nSPS) is 11.8. The number of hydrogen-bond acceptors (Lipinski definition) is 4. The minimum absolute atomic E-state index is 0.0701. The maximum absolute atomic E-state index is 12.0. The summed E-state index contributed by atoms with van der Waals surface area (Å²) in [5.74, 6) is -0.167. The van der Waals surface area contributed by atoms with Gasteiger partial charge in [0.1, 0.15) is 15.5 Å². The lowest BCUT2D eigenvalue weighted by molar-refractivity contribution is 0.0943. The number of rotatable bonds is 6. The van der Waals surface area contributed by atoms with Crippen LogP contribution in [0.5, 0.6) is 0 Å². The van der Waals surface area contributed by atoms with E-state index in [0.717, 1.165) is 0 Å². The second kappa shape index (κ2) is 6.10. The number of nitrogens with one attached hydrogen (secondary N) is 1. The number of carbonyl (C=O) groups is 1. The van der Waals surface area contributed by atoms with Crippen LogP contribution >= 0.6 is 0 Å². The first-order valence-corrected chi connectivity index (χ1v) is 8.20. The van der Waals surface area contributed by atoms with Crippen molar-refractivity contribution >= 4 is 21.4 Å². The molecule has 0 aliphatic rings. The molecule has 0 spiro atoms. The predicted octanol–water partition coefficient (Wildman–Crippen LogP) is 0.816. The Labute approximate surface area is 113 Å². The van der Waals surface area contributed by atoms with Crippen LogP contribution in [0.1, 0.15) is 36.8 Å². The third kappa shape index (κ3) is 4.94. The fourth-order valence-electron chi connectivity index (χ4n) is 1.74. The molecule has 0 unspecified atom stereocenters. The molecule has 7 heteroatoms. The first kappa shape index (κ1) is 15.6. The first-order valence-electron chi connectivity index (χ1n) is 6.14. The van der Waals surface area contributed by atoms with Crippen molar-refractivity contribution in [2.24, 2.45) is 0 Å². The molecule has 1 aromatic heterocycles. The molecule has 108 valence electrons. The van der Waals surface area contributed by atoms with E-state index in [-0.39, 0.29) is 17.7 Å². The number of nitrogens with zero attached hydrogens (tertiary/aromatic N) is 1. The molecule has 1 aromatic rings. The van der Waals surface area contributed by atoms with Crippen molar-refractivity contribution in [1.29, 1.82) is 0 Å². The molecule has 0 aliphatic heterocycles. The molecule has 6 nitrogen and oxygen atoms in total. The molecule has 1 amide bonds. The minimum atomic E-state index is -2.98. The van der Waals surface area contributed by atoms with E-state index in [4.69, 9.17) is 5.73 Å². The van der Waals surface area contributed by atoms with E-state index in [1.165, 1.54) is 6.26 Å². The standard InChI is InChI=1S/C12H21N3O3S/c1-9(2)15-8-10(13)7-11(15)12(16)14-5-4-6-19(3,17)18/h7-9H,4-6,13H2,1-3H3,(H,14,16). The lowest BCUT2D eigenvalue weighted by Crippen LogP contribution is -2.28. The number of aromatic nitrogens is 1. The van der Waals surface area contributed by atoms with Gasteiger partial charge in [0, 0.05) is 25.0 Å². The summed E-state index contributed by atoms with van der Waals surface area (Å²) in [4.78, 5) is 12.0. The van der Waals surface area contributed by atoms with Crippen molar-refractivity contribution in [3.63, 3.8) is 0 Å². The summed E-state index contributed by atoms with van der Waals surface area (Å²) in [6.07, 6.45) is 3.30. The third-order valence-corrected chi connectivity index (χ3v) is 3.67. The summed E-state index contributed by atoms with van der Waals surface area (Å²) in [5, 5.41) is 2.70. The fraction of sp³-hybridized carbons (Fsp3) is 0.583. The van der Waals surface area contributed by atoms with Crippen molar-refractivity contribution in [1.82, 2.24) is 9.88 Å². The van der Waals surface area contributed by atoms with Crippen LogP contribution in [0.25, 0.3) is 0 Å². The molecular formula is C12H21N3O3S. The van der Waals surface area contributed by atoms with Crippen molar-refractivity contribution in [3.05, 3.63) is 18.0 Å². The Hall–Kier alpha value is -1.50. The van der Waals surface area contributed by atoms with Gasteiger partial charge in [0.2, 0.25) is 0 Å². The average Bonchev–Trinajstić information content (AvgIpc) is 2.65. The Bertz CT molecular complexity index is 547. The van der Waals surface area contributed by atoms with Gasteiger partial charge in [0.25, 0.3) is 5.91 Å². The second-order valence-corrected chi connectivity index (χ2v) is 7.16. The molecule has 0 fully saturated rings. The lowest BCUT2D eigenvalue weighted by Gasteiger charge is -2.12. The van der Waals surface area contributed by atoms with E-state index in [2.05, 4.69) is 5.32 Å². The van der Waals surface area contributed by atoms with Crippen molar-refractivity contribution in [3.8, 4) is 0 Å². The summed E-state index contributed by atoms with van der Waals surface area (Å²) in [6, 6.07) is 1.75. The van der Waals surface area contributed by atoms with Gasteiger partial charge in [0.05, 0.1) is 11.4 Å². The fourth-order valence-corrected chi connectivity index (χ4v) is 2.41. The van der Waals surface area contributed by atoms with Crippen LogP contribution in [0.4, 0.5) is 5.69 Å². The summed E-state index contributed by atoms with van der Waals surface area (Å²) < 4.78 is 23.7. The van der Waals surface area contributed by atoms with Crippen molar-refractivity contribution < 1.29 is 13.2 Å². The summed E-state index contributed by atoms with van der Waals surface area (Å²) in [6.45, 7) is 4.24. The zero-order valence-corrected chi connectivity index (χ0v) is 12.3. The van der Waals surface area contributed by atoms with Gasteiger partial charge in [-0.15, -0.1) is 0 Å². The van der Waals surface area contributed by atoms with Crippen LogP contribution < -0.4 is 11.1 Å². The highest BCUT2D eigenvalue weighted by Crippen LogP contribution is 2.16. The number of amides is 1. The van der Waals surface area contributed by atoms with Crippen LogP contribution in [-0.2, 0) is 9.84 Å². The molecule has 0 saturated heterocycles. The summed E-state index contributed by atoms with van der Waals surface area (Å²) in [7, 11) is -2.98. The number of sulfone groups is 1. The largest absolute Gasteiger partial charge is 0.397 e. The van der Waals surface area contributed by atoms with Gasteiger partial charge in [0.15, 0.2) is 0 Å². The van der Waals surface area contributed by atoms with Crippen LogP contribution in [0.2, 0.25) is 0 Å². The molecule has 0 aromatic carbocycles. The monoisotopic (exact) mass is 287 g/mol. The smallest absolute Gasteiger partial charge is 0.267 e. The molecule has 0 saturated carbocycles. The minimum Gasteiger partial charge on any atom is -0.397 e. The maximum Gasteiger partial charge on any atom is 0.267 e. The van der Waals surface area contributed by atoms with Crippen LogP contribution in [0.15, 0.2) is 12.3 Å². The van der Waals surface area contributed by atoms with E-state index in [1.807, 2.05) is 13.8 Å². The Kier molecular flexibility index (Phi) is 4.99. The molecule has 1 heterocycles. The van der Waals surface area contributed by atoms with Gasteiger partial charge in [-0.25, -0.2) is 8.42 Å². The van der Waals surface area contributed by atoms with Gasteiger partial charge >= 0.3 is 0 Å². The van der Waals surface area contributed by atoms with E-state index >= 15 is 0 Å². The predicted molar refractivity (Wildman–Crippen MR) is 75.9 cm³/mol. The first-order chi connectivity index (χ1) is 8.70. The quantitative estimate of drug-likeness (QED) is 0.757. The van der Waals surface area contributed by atoms with Gasteiger partial charge in [-0.05, 0) is 26.3 Å². The van der Waals surface area contributed by atoms with E-state index < -0.39 is 9.84 Å². The third-order valence-electron chi connectivity index (χ3n) is 2.64. The number of nitrogen functional groups attached to an aromatic ring is 1. The second-order valence-electron chi connectivity index (χ2n) is 4.90. The van der Waals surface area contributed by atoms with Crippen molar-refractivity contribution in [2.75, 3.05) is 24.3 Å². The number of nitrogens with two attached hydrogens (primary N) is 1. The van der Waals surface area contributed by atoms with Crippen LogP contribution in [0, 0.1) is 0 Å². The molecule has 0 radical (unpaired) electrons. The molecule has 0 aliphatic carbocycles. The van der Waals surface area contributed by atoms with E-state index in [9.17, 15) is 13.2 Å². The van der Waals surface area contributed by atoms with Gasteiger partial charge in [-0.1, -0.05) is 0 Å². The van der Waals surface area contributed by atoms with E-state index in [1.54, 1.807) is 16.8 Å². The highest BCUT2D eigenvalue weighted by molar-refractivity contribution is 7.90. The molecule has 1 rings (SSSR count). The zero-order valence-electron chi connectivity index (χ0n) is 11.5. The molecule has 0 bridgehead atoms. The molecule has 19 heavy (non-hydrogen) atoms. The SMILES string of the molecule is CC(C)n1cc(N)cc1C(=O)NCCCS(C)(=O)=O. The molecule has 3 N–H and O–H groups in total. The van der Waals surface area contributed by atoms with Crippen LogP contribution in [-0.4, -0.2) is 37.4 Å². The highest BCUT2D eigenvalue weighted by atomic mass is 32.2. The lowest BCUT2D eigenvalue weighted by atomic mass is 10.3. The molecular weight excluding hydrogens is 266 g/mol. The maximum atomic E-state index is 12.0. The zero-order chi connectivity index (χ0) is 14.6. The van der Waals surface area contributed by atoms with Crippen LogP contribution in [0.3, 0.4) is 0 Å². The number of hydrogen-bond donors (Lipinski definition) is 2. The number of carbonyl (C=O) groups excluding carboxylic acids is 1. The summed E-state index contributed by atoms with van der Waals surface area (Å²) >= 11 is 0. The van der Waals surface area contributed by atoms with E-state index in [0.29, 0.717) is 24.3 Å². The summed E-state index contributed by atoms with van der Waals surface area (Å²) in [5.41, 5.74) is 6.72. The average molecular weight is 287 g/mol. The van der Waals surface area contributed by atoms with Crippen molar-refractivity contribution in [2.45, 2.75) is 26.3 Å². The number of anilines is 1. The Morgan fingerprint density at radius 1 is 1.47 bits per heavy atom. The Balaban J connectivity index is 2.59. The highest BCUT2D eigenvalue weighted by Gasteiger charge is 2.14. The van der Waals surface area contributed by atoms with Gasteiger partial charge < -0.3 is 15.6 Å². The molecule has 0 atom stereocenters.